The summed E-state index contributed by atoms with van der Waals surface area (Å²) in [5.41, 5.74) is 3.04. The number of hydrogen-bond acceptors (Lipinski definition) is 3. The number of halogens is 2. The number of anilines is 1. The van der Waals surface area contributed by atoms with Gasteiger partial charge in [0.15, 0.2) is 0 Å². The van der Waals surface area contributed by atoms with Crippen molar-refractivity contribution in [2.75, 3.05) is 5.32 Å². The predicted octanol–water partition coefficient (Wildman–Crippen LogP) is 6.04. The first-order valence-corrected chi connectivity index (χ1v) is 8.76. The number of aromatic nitrogens is 1. The molecule has 3 nitrogen and oxygen atoms in total. The number of aryl methyl sites for hydroxylation is 1. The van der Waals surface area contributed by atoms with E-state index in [4.69, 9.17) is 11.6 Å². The van der Waals surface area contributed by atoms with E-state index in [-0.39, 0.29) is 11.8 Å². The molecule has 0 atom stereocenters. The molecule has 0 saturated carbocycles. The molecule has 1 aromatic heterocycles. The first-order chi connectivity index (χ1) is 12.3. The first kappa shape index (κ1) is 18.2. The number of nitrogens with one attached hydrogen (secondary N) is 1. The lowest BCUT2D eigenvalue weighted by atomic mass is 10.0. The fourth-order valence-corrected chi connectivity index (χ4v) is 3.08. The van der Waals surface area contributed by atoms with Crippen molar-refractivity contribution in [1.29, 1.82) is 0 Å². The summed E-state index contributed by atoms with van der Waals surface area (Å²) < 4.78 is 14.4. The van der Waals surface area contributed by atoms with E-state index in [1.165, 1.54) is 6.07 Å². The summed E-state index contributed by atoms with van der Waals surface area (Å²) >= 11 is 6.25. The second-order valence-corrected chi connectivity index (χ2v) is 6.95. The SMILES string of the molecule is Cc1ccc(O)c(-c2cc(-c3c(F)cccc3Cl)cc(NC(C)C)n2)c1. The van der Waals surface area contributed by atoms with Gasteiger partial charge in [-0.1, -0.05) is 29.3 Å². The molecule has 134 valence electrons. The highest BCUT2D eigenvalue weighted by atomic mass is 35.5. The zero-order valence-corrected chi connectivity index (χ0v) is 15.6. The molecule has 3 aromatic rings. The van der Waals surface area contributed by atoms with Crippen molar-refractivity contribution < 1.29 is 9.50 Å². The molecule has 0 aliphatic heterocycles. The number of hydrogen-bond donors (Lipinski definition) is 2. The summed E-state index contributed by atoms with van der Waals surface area (Å²) in [6, 6.07) is 13.6. The Morgan fingerprint density at radius 3 is 2.58 bits per heavy atom. The van der Waals surface area contributed by atoms with Crippen molar-refractivity contribution in [2.45, 2.75) is 26.8 Å². The van der Waals surface area contributed by atoms with Gasteiger partial charge >= 0.3 is 0 Å². The molecule has 5 heteroatoms. The van der Waals surface area contributed by atoms with Gasteiger partial charge in [-0.2, -0.15) is 0 Å². The van der Waals surface area contributed by atoms with Crippen molar-refractivity contribution >= 4 is 17.4 Å². The van der Waals surface area contributed by atoms with E-state index in [2.05, 4.69) is 10.3 Å². The van der Waals surface area contributed by atoms with E-state index in [1.807, 2.05) is 32.9 Å². The molecular weight excluding hydrogens is 351 g/mol. The summed E-state index contributed by atoms with van der Waals surface area (Å²) in [7, 11) is 0. The Bertz CT molecular complexity index is 936. The highest BCUT2D eigenvalue weighted by molar-refractivity contribution is 6.33. The van der Waals surface area contributed by atoms with Gasteiger partial charge in [0, 0.05) is 17.2 Å². The van der Waals surface area contributed by atoms with E-state index in [9.17, 15) is 9.50 Å². The summed E-state index contributed by atoms with van der Waals surface area (Å²) in [4.78, 5) is 4.59. The summed E-state index contributed by atoms with van der Waals surface area (Å²) in [6.07, 6.45) is 0. The maximum Gasteiger partial charge on any atom is 0.132 e. The second kappa shape index (κ2) is 7.34. The lowest BCUT2D eigenvalue weighted by Crippen LogP contribution is -2.11. The number of nitrogens with zero attached hydrogens (tertiary/aromatic N) is 1. The van der Waals surface area contributed by atoms with Gasteiger partial charge in [-0.3, -0.25) is 0 Å². The lowest BCUT2D eigenvalue weighted by Gasteiger charge is -2.15. The third-order valence-electron chi connectivity index (χ3n) is 3.94. The van der Waals surface area contributed by atoms with Crippen LogP contribution in [0.5, 0.6) is 5.75 Å². The number of rotatable bonds is 4. The fraction of sp³-hybridized carbons (Fsp3) is 0.190. The van der Waals surface area contributed by atoms with Gasteiger partial charge < -0.3 is 10.4 Å². The molecule has 1 heterocycles. The van der Waals surface area contributed by atoms with E-state index in [0.29, 0.717) is 33.2 Å². The van der Waals surface area contributed by atoms with E-state index in [1.54, 1.807) is 30.3 Å². The predicted molar refractivity (Wildman–Crippen MR) is 105 cm³/mol. The van der Waals surface area contributed by atoms with Gasteiger partial charge in [-0.15, -0.1) is 0 Å². The molecule has 3 rings (SSSR count). The van der Waals surface area contributed by atoms with Gasteiger partial charge in [-0.25, -0.2) is 9.37 Å². The van der Waals surface area contributed by atoms with Crippen LogP contribution >= 0.6 is 11.6 Å². The highest BCUT2D eigenvalue weighted by Crippen LogP contribution is 2.36. The minimum absolute atomic E-state index is 0.121. The second-order valence-electron chi connectivity index (χ2n) is 6.54. The standard InChI is InChI=1S/C21H20ClFN2O/c1-12(2)24-20-11-14(21-16(22)5-4-6-17(21)23)10-18(25-20)15-9-13(3)7-8-19(15)26/h4-12,26H,1-3H3,(H,24,25). The summed E-state index contributed by atoms with van der Waals surface area (Å²) in [6.45, 7) is 5.93. The Labute approximate surface area is 157 Å². The molecule has 0 aliphatic carbocycles. The monoisotopic (exact) mass is 370 g/mol. The number of phenols is 1. The molecule has 0 saturated heterocycles. The molecule has 0 bridgehead atoms. The number of pyridine rings is 1. The van der Waals surface area contributed by atoms with Crippen LogP contribution in [0.1, 0.15) is 19.4 Å². The van der Waals surface area contributed by atoms with Crippen LogP contribution in [-0.4, -0.2) is 16.1 Å². The van der Waals surface area contributed by atoms with Crippen molar-refractivity contribution in [3.63, 3.8) is 0 Å². The van der Waals surface area contributed by atoms with Crippen molar-refractivity contribution in [1.82, 2.24) is 4.98 Å². The maximum absolute atomic E-state index is 14.4. The zero-order chi connectivity index (χ0) is 18.8. The van der Waals surface area contributed by atoms with E-state index in [0.717, 1.165) is 5.56 Å². The fourth-order valence-electron chi connectivity index (χ4n) is 2.81. The third kappa shape index (κ3) is 3.81. The molecule has 0 spiro atoms. The number of aromatic hydroxyl groups is 1. The topological polar surface area (TPSA) is 45.1 Å². The Balaban J connectivity index is 2.24. The van der Waals surface area contributed by atoms with E-state index >= 15 is 0 Å². The molecule has 2 aromatic carbocycles. The van der Waals surface area contributed by atoms with Gasteiger partial charge in [0.2, 0.25) is 0 Å². The summed E-state index contributed by atoms with van der Waals surface area (Å²) in [5, 5.41) is 13.8. The Morgan fingerprint density at radius 1 is 1.12 bits per heavy atom. The van der Waals surface area contributed by atoms with Crippen LogP contribution < -0.4 is 5.32 Å². The quantitative estimate of drug-likeness (QED) is 0.588. The number of phenolic OH excluding ortho intramolecular Hbond substituents is 1. The largest absolute Gasteiger partial charge is 0.507 e. The highest BCUT2D eigenvalue weighted by Gasteiger charge is 2.15. The molecular formula is C21H20ClFN2O. The van der Waals surface area contributed by atoms with Crippen molar-refractivity contribution in [3.05, 3.63) is 64.9 Å². The van der Waals surface area contributed by atoms with E-state index < -0.39 is 5.82 Å². The first-order valence-electron chi connectivity index (χ1n) is 8.38. The van der Waals surface area contributed by atoms with Crippen LogP contribution in [0.2, 0.25) is 5.02 Å². The lowest BCUT2D eigenvalue weighted by molar-refractivity contribution is 0.477. The third-order valence-corrected chi connectivity index (χ3v) is 4.26. The Hall–Kier alpha value is -2.59. The van der Waals surface area contributed by atoms with Crippen LogP contribution in [0.3, 0.4) is 0 Å². The molecule has 0 unspecified atom stereocenters. The molecule has 26 heavy (non-hydrogen) atoms. The molecule has 0 amide bonds. The van der Waals surface area contributed by atoms with Crippen molar-refractivity contribution in [2.24, 2.45) is 0 Å². The minimum Gasteiger partial charge on any atom is -0.507 e. The molecule has 0 radical (unpaired) electrons. The smallest absolute Gasteiger partial charge is 0.132 e. The average molecular weight is 371 g/mol. The van der Waals surface area contributed by atoms with Gasteiger partial charge in [0.05, 0.1) is 10.7 Å². The minimum atomic E-state index is -0.404. The van der Waals surface area contributed by atoms with Crippen LogP contribution in [0.15, 0.2) is 48.5 Å². The van der Waals surface area contributed by atoms with Crippen molar-refractivity contribution in [3.8, 4) is 28.1 Å². The number of benzene rings is 2. The maximum atomic E-state index is 14.4. The Kier molecular flexibility index (Phi) is 5.14. The Morgan fingerprint density at radius 2 is 1.88 bits per heavy atom. The van der Waals surface area contributed by atoms with Crippen LogP contribution in [0, 0.1) is 12.7 Å². The van der Waals surface area contributed by atoms with Crippen LogP contribution in [-0.2, 0) is 0 Å². The van der Waals surface area contributed by atoms with Crippen LogP contribution in [0.4, 0.5) is 10.2 Å². The summed E-state index contributed by atoms with van der Waals surface area (Å²) in [5.74, 6) is 0.307. The normalized spacial score (nSPS) is 11.0. The molecule has 0 fully saturated rings. The molecule has 2 N–H and O–H groups in total. The van der Waals surface area contributed by atoms with Gasteiger partial charge in [0.25, 0.3) is 0 Å². The van der Waals surface area contributed by atoms with Gasteiger partial charge in [0.1, 0.15) is 17.4 Å². The van der Waals surface area contributed by atoms with Gasteiger partial charge in [-0.05, 0) is 62.7 Å². The zero-order valence-electron chi connectivity index (χ0n) is 14.8. The van der Waals surface area contributed by atoms with Crippen LogP contribution in [0.25, 0.3) is 22.4 Å². The molecule has 0 aliphatic rings. The average Bonchev–Trinajstić information content (AvgIpc) is 2.56.